The highest BCUT2D eigenvalue weighted by molar-refractivity contribution is 5.79. The van der Waals surface area contributed by atoms with Gasteiger partial charge in [-0.25, -0.2) is 0 Å². The largest absolute Gasteiger partial charge is 0.349 e. The molecule has 0 spiro atoms. The molecular weight excluding hydrogens is 318 g/mol. The molecule has 0 aliphatic rings. The predicted octanol–water partition coefficient (Wildman–Crippen LogP) is 5.34. The van der Waals surface area contributed by atoms with E-state index in [-0.39, 0.29) is 11.9 Å². The Hall–Kier alpha value is -2.87. The van der Waals surface area contributed by atoms with Crippen LogP contribution in [0.2, 0.25) is 0 Å². The minimum atomic E-state index is 0.0111. The minimum absolute atomic E-state index is 0.0111. The number of hydrogen-bond donors (Lipinski definition) is 1. The molecule has 0 aliphatic heterocycles. The number of carbonyl (C=O) groups excluding carboxylic acids is 1. The van der Waals surface area contributed by atoms with Crippen LogP contribution in [0.15, 0.2) is 78.9 Å². The van der Waals surface area contributed by atoms with Gasteiger partial charge in [-0.1, -0.05) is 85.8 Å². The van der Waals surface area contributed by atoms with Crippen molar-refractivity contribution in [2.45, 2.75) is 32.7 Å². The Morgan fingerprint density at radius 2 is 1.38 bits per heavy atom. The van der Waals surface area contributed by atoms with Gasteiger partial charge in [0.2, 0.25) is 5.91 Å². The molecule has 0 radical (unpaired) electrons. The summed E-state index contributed by atoms with van der Waals surface area (Å²) in [4.78, 5) is 12.4. The Morgan fingerprint density at radius 3 is 2.00 bits per heavy atom. The number of carbonyl (C=O) groups is 1. The lowest BCUT2D eigenvalue weighted by Crippen LogP contribution is -2.28. The summed E-state index contributed by atoms with van der Waals surface area (Å²) in [5.74, 6) is 0.0459. The zero-order chi connectivity index (χ0) is 18.4. The van der Waals surface area contributed by atoms with Gasteiger partial charge in [0.15, 0.2) is 0 Å². The van der Waals surface area contributed by atoms with Crippen molar-refractivity contribution in [3.8, 4) is 11.1 Å². The number of hydrogen-bond acceptors (Lipinski definition) is 1. The fraction of sp³-hybridized carbons (Fsp3) is 0.208. The lowest BCUT2D eigenvalue weighted by atomic mass is 10.0. The summed E-state index contributed by atoms with van der Waals surface area (Å²) < 4.78 is 0. The summed E-state index contributed by atoms with van der Waals surface area (Å²) in [6.45, 7) is 4.17. The number of aryl methyl sites for hydroxylation is 1. The molecule has 0 saturated carbocycles. The smallest absolute Gasteiger partial charge is 0.224 e. The van der Waals surface area contributed by atoms with E-state index in [0.717, 1.165) is 17.5 Å². The van der Waals surface area contributed by atoms with Crippen molar-refractivity contribution in [3.05, 3.63) is 95.6 Å². The Morgan fingerprint density at radius 1 is 0.808 bits per heavy atom. The van der Waals surface area contributed by atoms with Crippen molar-refractivity contribution >= 4 is 5.91 Å². The number of nitrogens with one attached hydrogen (secondary N) is 1. The molecule has 1 unspecified atom stereocenters. The summed E-state index contributed by atoms with van der Waals surface area (Å²) in [5, 5.41) is 3.09. The van der Waals surface area contributed by atoms with Crippen LogP contribution in [0.1, 0.15) is 36.6 Å². The quantitative estimate of drug-likeness (QED) is 0.643. The average molecular weight is 343 g/mol. The fourth-order valence-electron chi connectivity index (χ4n) is 3.05. The average Bonchev–Trinajstić information content (AvgIpc) is 2.69. The van der Waals surface area contributed by atoms with E-state index < -0.39 is 0 Å². The Bertz CT molecular complexity index is 836. The van der Waals surface area contributed by atoms with Crippen molar-refractivity contribution < 1.29 is 4.79 Å². The highest BCUT2D eigenvalue weighted by Gasteiger charge is 2.10. The Kier molecular flexibility index (Phi) is 5.85. The van der Waals surface area contributed by atoms with Crippen LogP contribution in [0, 0.1) is 0 Å². The molecule has 0 bridgehead atoms. The monoisotopic (exact) mass is 343 g/mol. The van der Waals surface area contributed by atoms with Crippen LogP contribution < -0.4 is 5.32 Å². The van der Waals surface area contributed by atoms with Gasteiger partial charge < -0.3 is 5.32 Å². The third-order valence-electron chi connectivity index (χ3n) is 4.69. The van der Waals surface area contributed by atoms with Crippen molar-refractivity contribution in [1.82, 2.24) is 5.32 Å². The van der Waals surface area contributed by atoms with E-state index >= 15 is 0 Å². The zero-order valence-corrected chi connectivity index (χ0v) is 15.4. The molecule has 0 heterocycles. The van der Waals surface area contributed by atoms with E-state index in [1.54, 1.807) is 0 Å². The summed E-state index contributed by atoms with van der Waals surface area (Å²) in [7, 11) is 0. The van der Waals surface area contributed by atoms with Gasteiger partial charge >= 0.3 is 0 Å². The second kappa shape index (κ2) is 8.48. The molecule has 0 fully saturated rings. The number of benzene rings is 3. The van der Waals surface area contributed by atoms with Crippen LogP contribution in [-0.2, 0) is 17.6 Å². The maximum atomic E-state index is 12.4. The van der Waals surface area contributed by atoms with E-state index in [9.17, 15) is 4.79 Å². The molecule has 1 amide bonds. The second-order valence-corrected chi connectivity index (χ2v) is 6.62. The van der Waals surface area contributed by atoms with Crippen molar-refractivity contribution in [2.75, 3.05) is 0 Å². The predicted molar refractivity (Wildman–Crippen MR) is 108 cm³/mol. The first-order chi connectivity index (χ1) is 12.7. The maximum absolute atomic E-state index is 12.4. The van der Waals surface area contributed by atoms with Crippen molar-refractivity contribution in [1.29, 1.82) is 0 Å². The lowest BCUT2D eigenvalue weighted by molar-refractivity contribution is -0.121. The Labute approximate surface area is 155 Å². The molecule has 1 N–H and O–H groups in total. The summed E-state index contributed by atoms with van der Waals surface area (Å²) in [6.07, 6.45) is 1.42. The molecule has 2 heteroatoms. The van der Waals surface area contributed by atoms with Gasteiger partial charge in [0.1, 0.15) is 0 Å². The van der Waals surface area contributed by atoms with Gasteiger partial charge in [-0.05, 0) is 41.2 Å². The first kappa shape index (κ1) is 17.9. The van der Waals surface area contributed by atoms with Gasteiger partial charge in [-0.15, -0.1) is 0 Å². The molecule has 3 aromatic rings. The van der Waals surface area contributed by atoms with Crippen molar-refractivity contribution in [3.63, 3.8) is 0 Å². The van der Waals surface area contributed by atoms with E-state index in [0.29, 0.717) is 6.42 Å². The molecule has 3 aromatic carbocycles. The molecule has 0 saturated heterocycles. The van der Waals surface area contributed by atoms with E-state index in [1.165, 1.54) is 16.7 Å². The molecule has 26 heavy (non-hydrogen) atoms. The summed E-state index contributed by atoms with van der Waals surface area (Å²) in [6, 6.07) is 26.9. The fourth-order valence-corrected chi connectivity index (χ4v) is 3.05. The summed E-state index contributed by atoms with van der Waals surface area (Å²) >= 11 is 0. The van der Waals surface area contributed by atoms with Gasteiger partial charge in [0.05, 0.1) is 12.5 Å². The highest BCUT2D eigenvalue weighted by Crippen LogP contribution is 2.19. The van der Waals surface area contributed by atoms with Crippen LogP contribution in [0.5, 0.6) is 0 Å². The molecule has 0 aliphatic carbocycles. The lowest BCUT2D eigenvalue weighted by Gasteiger charge is -2.15. The maximum Gasteiger partial charge on any atom is 0.224 e. The number of amides is 1. The third kappa shape index (κ3) is 4.60. The first-order valence-electron chi connectivity index (χ1n) is 9.18. The van der Waals surface area contributed by atoms with Crippen LogP contribution in [0.4, 0.5) is 0 Å². The number of rotatable bonds is 6. The second-order valence-electron chi connectivity index (χ2n) is 6.62. The molecule has 1 atom stereocenters. The minimum Gasteiger partial charge on any atom is -0.349 e. The normalized spacial score (nSPS) is 11.8. The van der Waals surface area contributed by atoms with Gasteiger partial charge in [0.25, 0.3) is 0 Å². The summed E-state index contributed by atoms with van der Waals surface area (Å²) in [5.41, 5.74) is 5.82. The zero-order valence-electron chi connectivity index (χ0n) is 15.4. The third-order valence-corrected chi connectivity index (χ3v) is 4.69. The van der Waals surface area contributed by atoms with Crippen LogP contribution in [-0.4, -0.2) is 5.91 Å². The molecular formula is C24H25NO. The standard InChI is InChI=1S/C24H25NO/c1-3-19-9-13-21(14-10-19)18(2)25-24(26)17-20-11-15-23(16-12-20)22-7-5-4-6-8-22/h4-16,18H,3,17H2,1-2H3,(H,25,26). The van der Waals surface area contributed by atoms with Gasteiger partial charge in [-0.3, -0.25) is 4.79 Å². The molecule has 2 nitrogen and oxygen atoms in total. The van der Waals surface area contributed by atoms with Crippen molar-refractivity contribution in [2.24, 2.45) is 0 Å². The van der Waals surface area contributed by atoms with E-state index in [2.05, 4.69) is 60.8 Å². The highest BCUT2D eigenvalue weighted by atomic mass is 16.1. The van der Waals surface area contributed by atoms with Crippen LogP contribution >= 0.6 is 0 Å². The molecule has 3 rings (SSSR count). The van der Waals surface area contributed by atoms with E-state index in [4.69, 9.17) is 0 Å². The van der Waals surface area contributed by atoms with Gasteiger partial charge in [0, 0.05) is 0 Å². The molecule has 0 aromatic heterocycles. The SMILES string of the molecule is CCc1ccc(C(C)NC(=O)Cc2ccc(-c3ccccc3)cc2)cc1. The van der Waals surface area contributed by atoms with E-state index in [1.807, 2.05) is 37.3 Å². The first-order valence-corrected chi connectivity index (χ1v) is 9.18. The van der Waals surface area contributed by atoms with Crippen LogP contribution in [0.3, 0.4) is 0 Å². The van der Waals surface area contributed by atoms with Gasteiger partial charge in [-0.2, -0.15) is 0 Å². The van der Waals surface area contributed by atoms with Crippen LogP contribution in [0.25, 0.3) is 11.1 Å². The Balaban J connectivity index is 1.59. The topological polar surface area (TPSA) is 29.1 Å². The molecule has 132 valence electrons.